The molecule has 0 spiro atoms. The zero-order chi connectivity index (χ0) is 12.2. The van der Waals surface area contributed by atoms with Gasteiger partial charge in [-0.25, -0.2) is 4.57 Å². The molecule has 0 amide bonds. The van der Waals surface area contributed by atoms with E-state index in [0.717, 1.165) is 5.56 Å². The van der Waals surface area contributed by atoms with Gasteiger partial charge in [-0.1, -0.05) is 29.3 Å². The number of rotatable bonds is 5. The first kappa shape index (κ1) is 14.0. The van der Waals surface area contributed by atoms with E-state index in [1.165, 1.54) is 0 Å². The van der Waals surface area contributed by atoms with Gasteiger partial charge in [0.15, 0.2) is 0 Å². The van der Waals surface area contributed by atoms with Crippen molar-refractivity contribution < 1.29 is 18.9 Å². The molecule has 1 rings (SSSR count). The fraction of sp³-hybridized carbons (Fsp3) is 0.333. The van der Waals surface area contributed by atoms with Gasteiger partial charge in [-0.3, -0.25) is 4.52 Å². The highest BCUT2D eigenvalue weighted by atomic mass is 35.5. The maximum absolute atomic E-state index is 10.4. The predicted octanol–water partition coefficient (Wildman–Crippen LogP) is 3.04. The molecular formula is C9H11Cl2O4P. The summed E-state index contributed by atoms with van der Waals surface area (Å²) in [5.74, 6) is 0. The maximum Gasteiger partial charge on any atom is 0.469 e. The van der Waals surface area contributed by atoms with Gasteiger partial charge in [-0.2, -0.15) is 0 Å². The normalized spacial score (nSPS) is 11.8. The van der Waals surface area contributed by atoms with E-state index in [9.17, 15) is 4.57 Å². The zero-order valence-electron chi connectivity index (χ0n) is 8.27. The van der Waals surface area contributed by atoms with Crippen molar-refractivity contribution in [3.63, 3.8) is 0 Å². The lowest BCUT2D eigenvalue weighted by atomic mass is 10.1. The molecule has 90 valence electrons. The minimum absolute atomic E-state index is 0.0359. The van der Waals surface area contributed by atoms with E-state index in [1.807, 2.05) is 0 Å². The summed E-state index contributed by atoms with van der Waals surface area (Å²) in [5, 5.41) is 1.09. The first-order valence-electron chi connectivity index (χ1n) is 4.53. The summed E-state index contributed by atoms with van der Waals surface area (Å²) in [6, 6.07) is 5.17. The maximum atomic E-state index is 10.4. The number of benzene rings is 1. The molecule has 0 aliphatic carbocycles. The Labute approximate surface area is 103 Å². The predicted molar refractivity (Wildman–Crippen MR) is 62.8 cm³/mol. The standard InChI is InChI=1S/C9H11Cl2O4P/c10-8-4-1-5-9(11)7(8)3-2-6-15-16(12,13)14/h1,4-5H,2-3,6H2,(H2,12,13,14). The van der Waals surface area contributed by atoms with Crippen LogP contribution in [0.2, 0.25) is 10.0 Å². The quantitative estimate of drug-likeness (QED) is 0.644. The van der Waals surface area contributed by atoms with Gasteiger partial charge in [0, 0.05) is 10.0 Å². The average Bonchev–Trinajstić information content (AvgIpc) is 2.14. The van der Waals surface area contributed by atoms with Crippen molar-refractivity contribution >= 4 is 31.0 Å². The molecule has 7 heteroatoms. The van der Waals surface area contributed by atoms with Crippen LogP contribution in [0.1, 0.15) is 12.0 Å². The van der Waals surface area contributed by atoms with Crippen LogP contribution >= 0.6 is 31.0 Å². The van der Waals surface area contributed by atoms with Crippen molar-refractivity contribution in [3.8, 4) is 0 Å². The smallest absolute Gasteiger partial charge is 0.303 e. The van der Waals surface area contributed by atoms with Gasteiger partial charge in [0.1, 0.15) is 0 Å². The van der Waals surface area contributed by atoms with Crippen molar-refractivity contribution in [2.75, 3.05) is 6.61 Å². The fourth-order valence-electron chi connectivity index (χ4n) is 1.20. The lowest BCUT2D eigenvalue weighted by Crippen LogP contribution is -1.96. The van der Waals surface area contributed by atoms with E-state index < -0.39 is 7.82 Å². The highest BCUT2D eigenvalue weighted by molar-refractivity contribution is 7.46. The Kier molecular flexibility index (Phi) is 5.25. The lowest BCUT2D eigenvalue weighted by molar-refractivity contribution is 0.195. The molecule has 2 N–H and O–H groups in total. The molecular weight excluding hydrogens is 274 g/mol. The SMILES string of the molecule is O=P(O)(O)OCCCc1c(Cl)cccc1Cl. The van der Waals surface area contributed by atoms with Crippen molar-refractivity contribution in [2.24, 2.45) is 0 Å². The van der Waals surface area contributed by atoms with Gasteiger partial charge in [0.25, 0.3) is 0 Å². The molecule has 0 saturated heterocycles. The summed E-state index contributed by atoms with van der Waals surface area (Å²) < 4.78 is 14.7. The lowest BCUT2D eigenvalue weighted by Gasteiger charge is -2.07. The summed E-state index contributed by atoms with van der Waals surface area (Å²) in [5.41, 5.74) is 0.764. The second-order valence-corrected chi connectivity index (χ2v) is 5.18. The Hall–Kier alpha value is -0.0900. The molecule has 0 atom stereocenters. The molecule has 0 aliphatic rings. The van der Waals surface area contributed by atoms with Crippen molar-refractivity contribution in [3.05, 3.63) is 33.8 Å². The third-order valence-corrected chi connectivity index (χ3v) is 3.12. The summed E-state index contributed by atoms with van der Waals surface area (Å²) >= 11 is 11.8. The van der Waals surface area contributed by atoms with Crippen molar-refractivity contribution in [1.29, 1.82) is 0 Å². The van der Waals surface area contributed by atoms with Crippen LogP contribution in [0.15, 0.2) is 18.2 Å². The van der Waals surface area contributed by atoms with Crippen molar-refractivity contribution in [2.45, 2.75) is 12.8 Å². The molecule has 1 aromatic rings. The first-order valence-corrected chi connectivity index (χ1v) is 6.82. The van der Waals surface area contributed by atoms with Crippen LogP contribution in [0.25, 0.3) is 0 Å². The summed E-state index contributed by atoms with van der Waals surface area (Å²) in [6.07, 6.45) is 0.951. The largest absolute Gasteiger partial charge is 0.469 e. The number of phosphoric ester groups is 1. The van der Waals surface area contributed by atoms with Crippen LogP contribution in [-0.4, -0.2) is 16.4 Å². The van der Waals surface area contributed by atoms with Crippen LogP contribution in [0.4, 0.5) is 0 Å². The van der Waals surface area contributed by atoms with Crippen LogP contribution in [0.5, 0.6) is 0 Å². The second-order valence-electron chi connectivity index (χ2n) is 3.13. The zero-order valence-corrected chi connectivity index (χ0v) is 10.7. The first-order chi connectivity index (χ1) is 7.40. The molecule has 0 unspecified atom stereocenters. The summed E-state index contributed by atoms with van der Waals surface area (Å²) in [6.45, 7) is -0.0359. The third-order valence-electron chi connectivity index (χ3n) is 1.89. The number of hydrogen-bond donors (Lipinski definition) is 2. The van der Waals surface area contributed by atoms with E-state index in [2.05, 4.69) is 4.52 Å². The molecule has 4 nitrogen and oxygen atoms in total. The number of hydrogen-bond acceptors (Lipinski definition) is 2. The number of halogens is 2. The molecule has 0 aliphatic heterocycles. The molecule has 0 saturated carbocycles. The van der Waals surface area contributed by atoms with Crippen LogP contribution in [0.3, 0.4) is 0 Å². The van der Waals surface area contributed by atoms with Crippen LogP contribution in [0, 0.1) is 0 Å². The Morgan fingerprint density at radius 3 is 2.31 bits per heavy atom. The van der Waals surface area contributed by atoms with Crippen molar-refractivity contribution in [1.82, 2.24) is 0 Å². The number of phosphoric acid groups is 1. The second kappa shape index (κ2) is 6.01. The summed E-state index contributed by atoms with van der Waals surface area (Å²) in [7, 11) is -4.38. The monoisotopic (exact) mass is 284 g/mol. The van der Waals surface area contributed by atoms with E-state index >= 15 is 0 Å². The summed E-state index contributed by atoms with van der Waals surface area (Å²) in [4.78, 5) is 16.9. The molecule has 0 bridgehead atoms. The van der Waals surface area contributed by atoms with E-state index in [0.29, 0.717) is 22.9 Å². The molecule has 0 fully saturated rings. The minimum Gasteiger partial charge on any atom is -0.303 e. The fourth-order valence-corrected chi connectivity index (χ4v) is 2.16. The van der Waals surface area contributed by atoms with E-state index in [4.69, 9.17) is 33.0 Å². The van der Waals surface area contributed by atoms with Gasteiger partial charge in [-0.15, -0.1) is 0 Å². The third kappa shape index (κ3) is 4.83. The van der Waals surface area contributed by atoms with Gasteiger partial charge in [0.05, 0.1) is 6.61 Å². The topological polar surface area (TPSA) is 66.8 Å². The average molecular weight is 285 g/mol. The molecule has 0 heterocycles. The molecule has 0 radical (unpaired) electrons. The van der Waals surface area contributed by atoms with Gasteiger partial charge < -0.3 is 9.79 Å². The highest BCUT2D eigenvalue weighted by Crippen LogP contribution is 2.36. The molecule has 16 heavy (non-hydrogen) atoms. The molecule has 0 aromatic heterocycles. The minimum atomic E-state index is -4.38. The van der Waals surface area contributed by atoms with Gasteiger partial charge >= 0.3 is 7.82 Å². The Bertz CT molecular complexity index is 384. The van der Waals surface area contributed by atoms with E-state index in [-0.39, 0.29) is 6.61 Å². The molecule has 1 aromatic carbocycles. The Morgan fingerprint density at radius 1 is 1.25 bits per heavy atom. The van der Waals surface area contributed by atoms with Gasteiger partial charge in [0.2, 0.25) is 0 Å². The van der Waals surface area contributed by atoms with E-state index in [1.54, 1.807) is 18.2 Å². The van der Waals surface area contributed by atoms with Gasteiger partial charge in [-0.05, 0) is 30.5 Å². The Morgan fingerprint density at radius 2 is 1.81 bits per heavy atom. The Balaban J connectivity index is 2.46. The van der Waals surface area contributed by atoms with Crippen LogP contribution < -0.4 is 0 Å². The van der Waals surface area contributed by atoms with Crippen LogP contribution in [-0.2, 0) is 15.5 Å². The highest BCUT2D eigenvalue weighted by Gasteiger charge is 2.13.